The Morgan fingerprint density at radius 3 is 1.95 bits per heavy atom. The molecule has 0 aromatic carbocycles. The van der Waals surface area contributed by atoms with Gasteiger partial charge in [-0.3, -0.25) is 0 Å². The Kier molecular flexibility index (Phi) is 6.04. The molecule has 126 valence electrons. The molecule has 1 aliphatic carbocycles. The summed E-state index contributed by atoms with van der Waals surface area (Å²) in [4.78, 5) is 4.89. The third-order valence-electron chi connectivity index (χ3n) is 4.95. The molecule has 1 aromatic rings. The SMILES string of the molecule is CC(C)(C)c1nc(C(C)(C)CC2CCCCCCCC2)ns1. The van der Waals surface area contributed by atoms with Crippen molar-refractivity contribution in [2.45, 2.75) is 103 Å². The van der Waals surface area contributed by atoms with Gasteiger partial charge < -0.3 is 0 Å². The number of rotatable bonds is 3. The Hall–Kier alpha value is -0.440. The van der Waals surface area contributed by atoms with Crippen LogP contribution in [-0.2, 0) is 10.8 Å². The molecule has 1 fully saturated rings. The second kappa shape index (κ2) is 7.42. The van der Waals surface area contributed by atoms with E-state index >= 15 is 0 Å². The summed E-state index contributed by atoms with van der Waals surface area (Å²) in [7, 11) is 0. The minimum Gasteiger partial charge on any atom is -0.223 e. The Bertz CT molecular complexity index is 446. The molecule has 0 saturated heterocycles. The molecule has 0 aliphatic heterocycles. The minimum atomic E-state index is 0.110. The highest BCUT2D eigenvalue weighted by Crippen LogP contribution is 2.36. The molecule has 0 N–H and O–H groups in total. The second-order valence-corrected chi connectivity index (χ2v) is 9.58. The monoisotopic (exact) mass is 322 g/mol. The minimum absolute atomic E-state index is 0.110. The van der Waals surface area contributed by atoms with Crippen molar-refractivity contribution in [2.75, 3.05) is 0 Å². The standard InChI is InChI=1S/C19H34N2S/c1-18(2,3)17-20-16(21-22-17)19(4,5)14-15-12-10-8-6-7-9-11-13-15/h15H,6-14H2,1-5H3. The van der Waals surface area contributed by atoms with Crippen molar-refractivity contribution in [3.05, 3.63) is 10.8 Å². The first-order valence-corrected chi connectivity index (χ1v) is 9.91. The highest BCUT2D eigenvalue weighted by atomic mass is 32.1. The van der Waals surface area contributed by atoms with Gasteiger partial charge in [0.25, 0.3) is 0 Å². The lowest BCUT2D eigenvalue weighted by atomic mass is 9.78. The summed E-state index contributed by atoms with van der Waals surface area (Å²) >= 11 is 1.60. The van der Waals surface area contributed by atoms with Crippen LogP contribution in [0.5, 0.6) is 0 Å². The maximum absolute atomic E-state index is 4.89. The van der Waals surface area contributed by atoms with Crippen molar-refractivity contribution in [3.8, 4) is 0 Å². The van der Waals surface area contributed by atoms with Gasteiger partial charge in [0, 0.05) is 10.8 Å². The second-order valence-electron chi connectivity index (χ2n) is 8.83. The van der Waals surface area contributed by atoms with Crippen molar-refractivity contribution >= 4 is 11.5 Å². The van der Waals surface area contributed by atoms with Gasteiger partial charge in [0.1, 0.15) is 10.8 Å². The van der Waals surface area contributed by atoms with Crippen molar-refractivity contribution in [2.24, 2.45) is 5.92 Å². The summed E-state index contributed by atoms with van der Waals surface area (Å²) in [6.07, 6.45) is 12.6. The summed E-state index contributed by atoms with van der Waals surface area (Å²) in [6, 6.07) is 0. The van der Waals surface area contributed by atoms with Crippen LogP contribution < -0.4 is 0 Å². The third-order valence-corrected chi connectivity index (χ3v) is 6.09. The topological polar surface area (TPSA) is 25.8 Å². The van der Waals surface area contributed by atoms with E-state index < -0.39 is 0 Å². The molecule has 1 aromatic heterocycles. The summed E-state index contributed by atoms with van der Waals surface area (Å²) in [6.45, 7) is 11.4. The fourth-order valence-corrected chi connectivity index (χ4v) is 4.40. The first-order chi connectivity index (χ1) is 10.3. The van der Waals surface area contributed by atoms with Gasteiger partial charge >= 0.3 is 0 Å². The lowest BCUT2D eigenvalue weighted by Crippen LogP contribution is -2.24. The summed E-state index contributed by atoms with van der Waals surface area (Å²) in [5.41, 5.74) is 0.225. The average molecular weight is 323 g/mol. The average Bonchev–Trinajstić information content (AvgIpc) is 2.92. The van der Waals surface area contributed by atoms with Crippen LogP contribution in [-0.4, -0.2) is 9.36 Å². The Morgan fingerprint density at radius 2 is 1.45 bits per heavy atom. The quantitative estimate of drug-likeness (QED) is 0.657. The van der Waals surface area contributed by atoms with Crippen LogP contribution in [0.3, 0.4) is 0 Å². The molecule has 0 atom stereocenters. The molecular formula is C19H34N2S. The molecular weight excluding hydrogens is 288 g/mol. The molecule has 2 rings (SSSR count). The van der Waals surface area contributed by atoms with E-state index in [1.54, 1.807) is 11.5 Å². The highest BCUT2D eigenvalue weighted by molar-refractivity contribution is 7.05. The Labute approximate surface area is 141 Å². The number of nitrogens with zero attached hydrogens (tertiary/aromatic N) is 2. The molecule has 1 aliphatic rings. The van der Waals surface area contributed by atoms with E-state index in [1.807, 2.05) is 0 Å². The fraction of sp³-hybridized carbons (Fsp3) is 0.895. The maximum atomic E-state index is 4.89. The molecule has 0 unspecified atom stereocenters. The van der Waals surface area contributed by atoms with Gasteiger partial charge in [0.2, 0.25) is 0 Å². The molecule has 1 heterocycles. The van der Waals surface area contributed by atoms with E-state index in [9.17, 15) is 0 Å². The van der Waals surface area contributed by atoms with Gasteiger partial charge in [0.15, 0.2) is 0 Å². The van der Waals surface area contributed by atoms with E-state index in [0.717, 1.165) is 11.7 Å². The molecule has 0 spiro atoms. The predicted molar refractivity (Wildman–Crippen MR) is 96.7 cm³/mol. The molecule has 3 heteroatoms. The van der Waals surface area contributed by atoms with Crippen LogP contribution in [0, 0.1) is 5.92 Å². The van der Waals surface area contributed by atoms with Crippen molar-refractivity contribution in [1.82, 2.24) is 9.36 Å². The van der Waals surface area contributed by atoms with Crippen molar-refractivity contribution in [3.63, 3.8) is 0 Å². The molecule has 0 amide bonds. The van der Waals surface area contributed by atoms with E-state index in [2.05, 4.69) is 34.6 Å². The zero-order chi connectivity index (χ0) is 16.2. The van der Waals surface area contributed by atoms with Crippen LogP contribution in [0.15, 0.2) is 0 Å². The zero-order valence-electron chi connectivity index (χ0n) is 15.2. The Morgan fingerprint density at radius 1 is 0.909 bits per heavy atom. The van der Waals surface area contributed by atoms with Gasteiger partial charge in [-0.2, -0.15) is 4.37 Å². The Balaban J connectivity index is 2.03. The largest absolute Gasteiger partial charge is 0.223 e. The first-order valence-electron chi connectivity index (χ1n) is 9.14. The van der Waals surface area contributed by atoms with Crippen LogP contribution in [0.2, 0.25) is 0 Å². The highest BCUT2D eigenvalue weighted by Gasteiger charge is 2.31. The number of hydrogen-bond acceptors (Lipinski definition) is 3. The predicted octanol–water partition coefficient (Wildman–Crippen LogP) is 6.25. The number of hydrogen-bond donors (Lipinski definition) is 0. The van der Waals surface area contributed by atoms with Crippen molar-refractivity contribution < 1.29 is 0 Å². The lowest BCUT2D eigenvalue weighted by molar-refractivity contribution is 0.307. The van der Waals surface area contributed by atoms with Gasteiger partial charge in [-0.25, -0.2) is 4.98 Å². The lowest BCUT2D eigenvalue weighted by Gasteiger charge is -2.27. The van der Waals surface area contributed by atoms with Crippen LogP contribution >= 0.6 is 11.5 Å². The maximum Gasteiger partial charge on any atom is 0.148 e. The van der Waals surface area contributed by atoms with E-state index in [-0.39, 0.29) is 10.8 Å². The summed E-state index contributed by atoms with van der Waals surface area (Å²) in [5.74, 6) is 1.93. The van der Waals surface area contributed by atoms with Crippen LogP contribution in [0.1, 0.15) is 103 Å². The van der Waals surface area contributed by atoms with Crippen LogP contribution in [0.25, 0.3) is 0 Å². The van der Waals surface area contributed by atoms with E-state index in [1.165, 1.54) is 62.8 Å². The van der Waals surface area contributed by atoms with Gasteiger partial charge in [0.05, 0.1) is 0 Å². The van der Waals surface area contributed by atoms with Gasteiger partial charge in [-0.1, -0.05) is 86.0 Å². The first kappa shape index (κ1) is 17.9. The molecule has 22 heavy (non-hydrogen) atoms. The molecule has 0 bridgehead atoms. The summed E-state index contributed by atoms with van der Waals surface area (Å²) in [5, 5.41) is 1.17. The third kappa shape index (κ3) is 5.04. The van der Waals surface area contributed by atoms with Gasteiger partial charge in [-0.05, 0) is 23.9 Å². The fourth-order valence-electron chi connectivity index (χ4n) is 3.54. The smallest absolute Gasteiger partial charge is 0.148 e. The molecule has 1 saturated carbocycles. The molecule has 0 radical (unpaired) electrons. The van der Waals surface area contributed by atoms with Gasteiger partial charge in [-0.15, -0.1) is 0 Å². The van der Waals surface area contributed by atoms with E-state index in [4.69, 9.17) is 9.36 Å². The van der Waals surface area contributed by atoms with Crippen LogP contribution in [0.4, 0.5) is 0 Å². The normalized spacial score (nSPS) is 19.5. The summed E-state index contributed by atoms with van der Waals surface area (Å²) < 4.78 is 4.71. The molecule has 2 nitrogen and oxygen atoms in total. The zero-order valence-corrected chi connectivity index (χ0v) is 16.1. The van der Waals surface area contributed by atoms with Crippen molar-refractivity contribution in [1.29, 1.82) is 0 Å². The van der Waals surface area contributed by atoms with E-state index in [0.29, 0.717) is 0 Å². The number of aromatic nitrogens is 2.